The van der Waals surface area contributed by atoms with Gasteiger partial charge in [-0.2, -0.15) is 5.10 Å². The van der Waals surface area contributed by atoms with E-state index < -0.39 is 17.5 Å². The third kappa shape index (κ3) is 4.07. The van der Waals surface area contributed by atoms with Crippen LogP contribution >= 0.6 is 0 Å². The van der Waals surface area contributed by atoms with Gasteiger partial charge in [0.2, 0.25) is 0 Å². The average Bonchev–Trinajstić information content (AvgIpc) is 2.60. The molecular weight excluding hydrogens is 318 g/mol. The summed E-state index contributed by atoms with van der Waals surface area (Å²) in [7, 11) is 2.95. The molecule has 1 N–H and O–H groups in total. The summed E-state index contributed by atoms with van der Waals surface area (Å²) in [5.74, 6) is -1.50. The lowest BCUT2D eigenvalue weighted by molar-refractivity contribution is 0.0954. The second-order valence-corrected chi connectivity index (χ2v) is 4.87. The number of carbonyl (C=O) groups excluding carboxylic acids is 1. The minimum atomic E-state index is -0.981. The van der Waals surface area contributed by atoms with E-state index in [1.165, 1.54) is 32.4 Å². The molecule has 24 heavy (non-hydrogen) atoms. The Kier molecular flexibility index (Phi) is 5.47. The van der Waals surface area contributed by atoms with Crippen LogP contribution in [0.25, 0.3) is 0 Å². The highest BCUT2D eigenvalue weighted by molar-refractivity contribution is 6.01. The number of benzene rings is 2. The highest BCUT2D eigenvalue weighted by Crippen LogP contribution is 2.22. The van der Waals surface area contributed by atoms with Gasteiger partial charge in [-0.25, -0.2) is 14.2 Å². The van der Waals surface area contributed by atoms with Crippen LogP contribution in [0.5, 0.6) is 11.5 Å². The predicted molar refractivity (Wildman–Crippen MR) is 85.6 cm³/mol. The van der Waals surface area contributed by atoms with Gasteiger partial charge in [0.1, 0.15) is 11.5 Å². The van der Waals surface area contributed by atoms with E-state index in [0.717, 1.165) is 12.1 Å². The maximum absolute atomic E-state index is 13.2. The molecule has 7 heteroatoms. The zero-order valence-corrected chi connectivity index (χ0v) is 13.4. The molecule has 0 aliphatic rings. The van der Waals surface area contributed by atoms with E-state index in [1.807, 2.05) is 0 Å². The molecule has 2 aromatic carbocycles. The first-order chi connectivity index (χ1) is 11.4. The Morgan fingerprint density at radius 3 is 2.12 bits per heavy atom. The monoisotopic (exact) mass is 334 g/mol. The molecule has 0 bridgehead atoms. The number of amides is 1. The van der Waals surface area contributed by atoms with Crippen molar-refractivity contribution in [3.8, 4) is 11.5 Å². The van der Waals surface area contributed by atoms with Crippen molar-refractivity contribution in [2.24, 2.45) is 5.10 Å². The number of rotatable bonds is 5. The summed E-state index contributed by atoms with van der Waals surface area (Å²) >= 11 is 0. The van der Waals surface area contributed by atoms with Crippen molar-refractivity contribution < 1.29 is 23.0 Å². The highest BCUT2D eigenvalue weighted by Gasteiger charge is 2.10. The van der Waals surface area contributed by atoms with Crippen LogP contribution in [0.15, 0.2) is 41.5 Å². The van der Waals surface area contributed by atoms with Crippen molar-refractivity contribution in [3.63, 3.8) is 0 Å². The number of carbonyl (C=O) groups is 1. The molecule has 2 aromatic rings. The Bertz CT molecular complexity index is 769. The third-order valence-corrected chi connectivity index (χ3v) is 3.28. The van der Waals surface area contributed by atoms with Crippen LogP contribution in [-0.2, 0) is 0 Å². The minimum absolute atomic E-state index is 0.285. The zero-order chi connectivity index (χ0) is 17.7. The van der Waals surface area contributed by atoms with Crippen molar-refractivity contribution in [3.05, 3.63) is 59.2 Å². The molecule has 2 rings (SSSR count). The average molecular weight is 334 g/mol. The maximum atomic E-state index is 13.2. The smallest absolute Gasteiger partial charge is 0.271 e. The van der Waals surface area contributed by atoms with E-state index in [-0.39, 0.29) is 5.56 Å². The number of nitrogens with zero attached hydrogens (tertiary/aromatic N) is 1. The zero-order valence-electron chi connectivity index (χ0n) is 13.4. The van der Waals surface area contributed by atoms with Crippen LogP contribution in [0.3, 0.4) is 0 Å². The highest BCUT2D eigenvalue weighted by atomic mass is 19.2. The molecule has 0 aromatic heterocycles. The molecule has 0 saturated carbocycles. The molecule has 126 valence electrons. The quantitative estimate of drug-likeness (QED) is 0.675. The van der Waals surface area contributed by atoms with E-state index in [0.29, 0.717) is 22.8 Å². The Balaban J connectivity index is 2.18. The number of halogens is 2. The molecule has 0 saturated heterocycles. The van der Waals surface area contributed by atoms with Crippen LogP contribution < -0.4 is 14.9 Å². The predicted octanol–water partition coefficient (Wildman–Crippen LogP) is 3.14. The normalized spacial score (nSPS) is 11.1. The summed E-state index contributed by atoms with van der Waals surface area (Å²) in [6.45, 7) is 1.57. The molecule has 0 fully saturated rings. The molecule has 0 aliphatic heterocycles. The number of hydrogen-bond donors (Lipinski definition) is 1. The van der Waals surface area contributed by atoms with E-state index in [2.05, 4.69) is 10.5 Å². The summed E-state index contributed by atoms with van der Waals surface area (Å²) in [6, 6.07) is 8.07. The van der Waals surface area contributed by atoms with Crippen molar-refractivity contribution in [1.29, 1.82) is 0 Å². The van der Waals surface area contributed by atoms with Crippen LogP contribution in [0.1, 0.15) is 22.8 Å². The van der Waals surface area contributed by atoms with E-state index in [4.69, 9.17) is 9.47 Å². The van der Waals surface area contributed by atoms with E-state index >= 15 is 0 Å². The van der Waals surface area contributed by atoms with Gasteiger partial charge in [0.15, 0.2) is 11.6 Å². The van der Waals surface area contributed by atoms with Gasteiger partial charge >= 0.3 is 0 Å². The number of nitrogens with one attached hydrogen (secondary N) is 1. The van der Waals surface area contributed by atoms with Gasteiger partial charge in [-0.1, -0.05) is 0 Å². The molecule has 0 unspecified atom stereocenters. The number of hydrogen-bond acceptors (Lipinski definition) is 4. The lowest BCUT2D eigenvalue weighted by Crippen LogP contribution is -2.19. The summed E-state index contributed by atoms with van der Waals surface area (Å²) in [6.07, 6.45) is 0. The molecule has 5 nitrogen and oxygen atoms in total. The first-order valence-corrected chi connectivity index (χ1v) is 6.97. The van der Waals surface area contributed by atoms with Gasteiger partial charge in [0.25, 0.3) is 5.91 Å². The molecule has 0 heterocycles. The summed E-state index contributed by atoms with van der Waals surface area (Å²) in [5, 5.41) is 3.90. The Labute approximate surface area is 137 Å². The van der Waals surface area contributed by atoms with Gasteiger partial charge in [0, 0.05) is 17.2 Å². The lowest BCUT2D eigenvalue weighted by Gasteiger charge is -2.08. The number of ether oxygens (including phenoxy) is 2. The number of methoxy groups -OCH3 is 2. The van der Waals surface area contributed by atoms with Crippen molar-refractivity contribution >= 4 is 11.6 Å². The Morgan fingerprint density at radius 2 is 1.58 bits per heavy atom. The molecule has 0 aliphatic carbocycles. The lowest BCUT2D eigenvalue weighted by atomic mass is 10.1. The largest absolute Gasteiger partial charge is 0.497 e. The van der Waals surface area contributed by atoms with Crippen molar-refractivity contribution in [2.75, 3.05) is 14.2 Å². The fourth-order valence-corrected chi connectivity index (χ4v) is 1.92. The van der Waals surface area contributed by atoms with Gasteiger partial charge in [-0.15, -0.1) is 0 Å². The molecular formula is C17H16F2N2O3. The van der Waals surface area contributed by atoms with Crippen molar-refractivity contribution in [2.45, 2.75) is 6.92 Å². The molecule has 0 radical (unpaired) electrons. The van der Waals surface area contributed by atoms with Gasteiger partial charge < -0.3 is 9.47 Å². The first-order valence-electron chi connectivity index (χ1n) is 6.97. The van der Waals surface area contributed by atoms with Crippen molar-refractivity contribution in [1.82, 2.24) is 5.43 Å². The maximum Gasteiger partial charge on any atom is 0.271 e. The Hall–Kier alpha value is -2.96. The Morgan fingerprint density at radius 1 is 0.958 bits per heavy atom. The van der Waals surface area contributed by atoms with Crippen LogP contribution in [-0.4, -0.2) is 25.8 Å². The van der Waals surface area contributed by atoms with Crippen LogP contribution in [0, 0.1) is 11.6 Å². The van der Waals surface area contributed by atoms with Gasteiger partial charge in [-0.05, 0) is 37.3 Å². The van der Waals surface area contributed by atoms with Crippen LogP contribution in [0.4, 0.5) is 8.78 Å². The first kappa shape index (κ1) is 17.4. The number of hydrazone groups is 1. The second kappa shape index (κ2) is 7.54. The second-order valence-electron chi connectivity index (χ2n) is 4.87. The van der Waals surface area contributed by atoms with Gasteiger partial charge in [0.05, 0.1) is 19.9 Å². The summed E-state index contributed by atoms with van der Waals surface area (Å²) in [5.41, 5.74) is 3.33. The SMILES string of the molecule is COc1cc(OC)cc(C(=O)N/N=C(/C)c2ccc(F)c(F)c2)c1. The van der Waals surface area contributed by atoms with E-state index in [1.54, 1.807) is 13.0 Å². The fourth-order valence-electron chi connectivity index (χ4n) is 1.92. The van der Waals surface area contributed by atoms with Gasteiger partial charge in [-0.3, -0.25) is 4.79 Å². The van der Waals surface area contributed by atoms with E-state index in [9.17, 15) is 13.6 Å². The third-order valence-electron chi connectivity index (χ3n) is 3.28. The van der Waals surface area contributed by atoms with Crippen LogP contribution in [0.2, 0.25) is 0 Å². The topological polar surface area (TPSA) is 59.9 Å². The molecule has 0 atom stereocenters. The summed E-state index contributed by atoms with van der Waals surface area (Å²) < 4.78 is 36.3. The fraction of sp³-hybridized carbons (Fsp3) is 0.176. The standard InChI is InChI=1S/C17H16F2N2O3/c1-10(11-4-5-15(18)16(19)8-11)20-21-17(22)12-6-13(23-2)9-14(7-12)24-3/h4-9H,1-3H3,(H,21,22)/b20-10-. The summed E-state index contributed by atoms with van der Waals surface area (Å²) in [4.78, 5) is 12.2. The molecule has 1 amide bonds. The minimum Gasteiger partial charge on any atom is -0.497 e. The molecule has 0 spiro atoms.